The molecule has 2 N–H and O–H groups in total. The summed E-state index contributed by atoms with van der Waals surface area (Å²) in [5.74, 6) is 0.694. The Morgan fingerprint density at radius 3 is 2.72 bits per heavy atom. The molecule has 7 nitrogen and oxygen atoms in total. The average molecular weight is 342 g/mol. The Morgan fingerprint density at radius 1 is 1.28 bits per heavy atom. The molecule has 2 atom stereocenters. The van der Waals surface area contributed by atoms with Gasteiger partial charge in [-0.2, -0.15) is 0 Å². The lowest BCUT2D eigenvalue weighted by atomic mass is 9.92. The van der Waals surface area contributed by atoms with Crippen LogP contribution in [0.2, 0.25) is 0 Å². The number of aliphatic hydroxyl groups excluding tert-OH is 1. The predicted octanol–water partition coefficient (Wildman–Crippen LogP) is 2.28. The standard InChI is InChI=1S/C18H22N4O3/c23-13-15-12-21(11-14-4-2-1-3-5-14)9-8-17(15)20-18-7-6-16(10-19-18)22(24)25/h1-7,10,15,17,23H,8-9,11-13H2,(H,19,20)/t15-,17-/m0/s1. The molecule has 2 heterocycles. The van der Waals surface area contributed by atoms with E-state index in [1.807, 2.05) is 18.2 Å². The minimum Gasteiger partial charge on any atom is -0.396 e. The Morgan fingerprint density at radius 2 is 2.08 bits per heavy atom. The molecule has 0 unspecified atom stereocenters. The van der Waals surface area contributed by atoms with E-state index in [1.54, 1.807) is 6.07 Å². The van der Waals surface area contributed by atoms with Gasteiger partial charge in [-0.05, 0) is 18.1 Å². The lowest BCUT2D eigenvalue weighted by molar-refractivity contribution is -0.385. The van der Waals surface area contributed by atoms with Crippen molar-refractivity contribution in [3.8, 4) is 0 Å². The molecule has 0 amide bonds. The van der Waals surface area contributed by atoms with Crippen LogP contribution in [0.3, 0.4) is 0 Å². The van der Waals surface area contributed by atoms with Crippen molar-refractivity contribution in [1.82, 2.24) is 9.88 Å². The summed E-state index contributed by atoms with van der Waals surface area (Å²) in [6.07, 6.45) is 2.14. The highest BCUT2D eigenvalue weighted by molar-refractivity contribution is 5.41. The van der Waals surface area contributed by atoms with Crippen molar-refractivity contribution < 1.29 is 10.0 Å². The number of pyridine rings is 1. The van der Waals surface area contributed by atoms with Crippen molar-refractivity contribution in [3.63, 3.8) is 0 Å². The maximum atomic E-state index is 10.7. The average Bonchev–Trinajstić information content (AvgIpc) is 2.64. The van der Waals surface area contributed by atoms with E-state index in [0.29, 0.717) is 5.82 Å². The van der Waals surface area contributed by atoms with Gasteiger partial charge in [-0.25, -0.2) is 4.98 Å². The van der Waals surface area contributed by atoms with E-state index in [9.17, 15) is 15.2 Å². The van der Waals surface area contributed by atoms with E-state index in [-0.39, 0.29) is 24.3 Å². The number of benzene rings is 1. The first kappa shape index (κ1) is 17.3. The molecule has 1 aliphatic heterocycles. The number of anilines is 1. The number of hydrogen-bond donors (Lipinski definition) is 2. The molecule has 1 fully saturated rings. The van der Waals surface area contributed by atoms with Crippen LogP contribution >= 0.6 is 0 Å². The smallest absolute Gasteiger partial charge is 0.287 e. The summed E-state index contributed by atoms with van der Waals surface area (Å²) < 4.78 is 0. The molecule has 132 valence electrons. The number of hydrogen-bond acceptors (Lipinski definition) is 6. The monoisotopic (exact) mass is 342 g/mol. The van der Waals surface area contributed by atoms with Gasteiger partial charge in [0.25, 0.3) is 5.69 Å². The minimum atomic E-state index is -0.463. The van der Waals surface area contributed by atoms with Crippen LogP contribution in [0.25, 0.3) is 0 Å². The number of rotatable bonds is 6. The van der Waals surface area contributed by atoms with Crippen molar-refractivity contribution in [2.75, 3.05) is 25.0 Å². The van der Waals surface area contributed by atoms with Gasteiger partial charge in [0.1, 0.15) is 12.0 Å². The summed E-state index contributed by atoms with van der Waals surface area (Å²) in [4.78, 5) is 16.7. The fourth-order valence-corrected chi connectivity index (χ4v) is 3.24. The molecule has 1 saturated heterocycles. The van der Waals surface area contributed by atoms with E-state index in [0.717, 1.165) is 26.1 Å². The number of nitro groups is 1. The van der Waals surface area contributed by atoms with Crippen LogP contribution in [-0.2, 0) is 6.54 Å². The molecule has 2 aromatic rings. The molecule has 1 aliphatic rings. The third kappa shape index (κ3) is 4.52. The summed E-state index contributed by atoms with van der Waals surface area (Å²) in [7, 11) is 0. The maximum absolute atomic E-state index is 10.7. The molecule has 0 saturated carbocycles. The highest BCUT2D eigenvalue weighted by atomic mass is 16.6. The first-order valence-electron chi connectivity index (χ1n) is 8.40. The zero-order valence-electron chi connectivity index (χ0n) is 13.9. The van der Waals surface area contributed by atoms with Gasteiger partial charge >= 0.3 is 0 Å². The second-order valence-corrected chi connectivity index (χ2v) is 6.36. The van der Waals surface area contributed by atoms with Crippen LogP contribution in [0.15, 0.2) is 48.7 Å². The van der Waals surface area contributed by atoms with Crippen molar-refractivity contribution in [1.29, 1.82) is 0 Å². The number of nitrogens with one attached hydrogen (secondary N) is 1. The van der Waals surface area contributed by atoms with Crippen molar-refractivity contribution >= 4 is 11.5 Å². The molecule has 25 heavy (non-hydrogen) atoms. The number of likely N-dealkylation sites (tertiary alicyclic amines) is 1. The van der Waals surface area contributed by atoms with Crippen LogP contribution < -0.4 is 5.32 Å². The van der Waals surface area contributed by atoms with Crippen molar-refractivity contribution in [2.45, 2.75) is 19.0 Å². The molecule has 0 spiro atoms. The van der Waals surface area contributed by atoms with Gasteiger partial charge in [-0.15, -0.1) is 0 Å². The van der Waals surface area contributed by atoms with E-state index in [1.165, 1.54) is 17.8 Å². The van der Waals surface area contributed by atoms with E-state index >= 15 is 0 Å². The fraction of sp³-hybridized carbons (Fsp3) is 0.389. The zero-order chi connectivity index (χ0) is 17.6. The van der Waals surface area contributed by atoms with Crippen LogP contribution in [0.1, 0.15) is 12.0 Å². The van der Waals surface area contributed by atoms with Crippen molar-refractivity contribution in [2.24, 2.45) is 5.92 Å². The second-order valence-electron chi connectivity index (χ2n) is 6.36. The first-order chi connectivity index (χ1) is 12.2. The topological polar surface area (TPSA) is 91.5 Å². The molecule has 1 aromatic heterocycles. The number of piperidine rings is 1. The highest BCUT2D eigenvalue weighted by Crippen LogP contribution is 2.22. The summed E-state index contributed by atoms with van der Waals surface area (Å²) in [5.41, 5.74) is 1.24. The van der Waals surface area contributed by atoms with Gasteiger partial charge in [-0.3, -0.25) is 15.0 Å². The van der Waals surface area contributed by atoms with Gasteiger partial charge in [-0.1, -0.05) is 30.3 Å². The van der Waals surface area contributed by atoms with Gasteiger partial charge in [0.05, 0.1) is 4.92 Å². The Balaban J connectivity index is 1.59. The highest BCUT2D eigenvalue weighted by Gasteiger charge is 2.29. The normalized spacial score (nSPS) is 21.0. The van der Waals surface area contributed by atoms with Gasteiger partial charge in [0.2, 0.25) is 0 Å². The number of aliphatic hydroxyl groups is 1. The summed E-state index contributed by atoms with van der Waals surface area (Å²) in [5, 5.41) is 23.8. The number of nitrogens with zero attached hydrogens (tertiary/aromatic N) is 3. The molecule has 3 rings (SSSR count). The Hall–Kier alpha value is -2.51. The predicted molar refractivity (Wildman–Crippen MR) is 95.2 cm³/mol. The number of aromatic nitrogens is 1. The van der Waals surface area contributed by atoms with Gasteiger partial charge in [0, 0.05) is 44.3 Å². The lowest BCUT2D eigenvalue weighted by Gasteiger charge is -2.38. The van der Waals surface area contributed by atoms with Gasteiger partial charge in [0.15, 0.2) is 0 Å². The molecule has 0 radical (unpaired) electrons. The minimum absolute atomic E-state index is 0.0260. The fourth-order valence-electron chi connectivity index (χ4n) is 3.24. The lowest BCUT2D eigenvalue weighted by Crippen LogP contribution is -2.47. The van der Waals surface area contributed by atoms with Crippen molar-refractivity contribution in [3.05, 3.63) is 64.3 Å². The van der Waals surface area contributed by atoms with Crippen LogP contribution in [0.4, 0.5) is 11.5 Å². The van der Waals surface area contributed by atoms with E-state index in [4.69, 9.17) is 0 Å². The van der Waals surface area contributed by atoms with Gasteiger partial charge < -0.3 is 10.4 Å². The maximum Gasteiger partial charge on any atom is 0.287 e. The first-order valence-corrected chi connectivity index (χ1v) is 8.40. The summed E-state index contributed by atoms with van der Waals surface area (Å²) in [6, 6.07) is 13.5. The van der Waals surface area contributed by atoms with E-state index in [2.05, 4.69) is 27.3 Å². The largest absolute Gasteiger partial charge is 0.396 e. The quantitative estimate of drug-likeness (QED) is 0.618. The zero-order valence-corrected chi connectivity index (χ0v) is 13.9. The Labute approximate surface area is 146 Å². The molecule has 0 bridgehead atoms. The molecular formula is C18H22N4O3. The summed E-state index contributed by atoms with van der Waals surface area (Å²) >= 11 is 0. The van der Waals surface area contributed by atoms with E-state index < -0.39 is 4.92 Å². The SMILES string of the molecule is O=[N+]([O-])c1ccc(N[C@H]2CCN(Cc3ccccc3)C[C@H]2CO)nc1. The Bertz CT molecular complexity index is 693. The molecular weight excluding hydrogens is 320 g/mol. The second kappa shape index (κ2) is 8.04. The summed E-state index contributed by atoms with van der Waals surface area (Å²) in [6.45, 7) is 2.70. The Kier molecular flexibility index (Phi) is 5.57. The van der Waals surface area contributed by atoms with Crippen LogP contribution in [-0.4, -0.2) is 45.7 Å². The third-order valence-electron chi connectivity index (χ3n) is 4.59. The third-order valence-corrected chi connectivity index (χ3v) is 4.59. The molecule has 0 aliphatic carbocycles. The molecule has 1 aromatic carbocycles. The van der Waals surface area contributed by atoms with Crippen LogP contribution in [0, 0.1) is 16.0 Å². The van der Waals surface area contributed by atoms with Crippen LogP contribution in [0.5, 0.6) is 0 Å². The molecule has 7 heteroatoms.